The van der Waals surface area contributed by atoms with Crippen LogP contribution in [-0.2, 0) is 14.6 Å². The molecule has 0 aliphatic carbocycles. The highest BCUT2D eigenvalue weighted by atomic mass is 35.5. The number of carbonyl (C=O) groups is 1. The van der Waals surface area contributed by atoms with E-state index in [1.165, 1.54) is 0 Å². The van der Waals surface area contributed by atoms with Gasteiger partial charge >= 0.3 is 5.97 Å². The van der Waals surface area contributed by atoms with Crippen LogP contribution in [0.3, 0.4) is 0 Å². The Bertz CT molecular complexity index is 336. The van der Waals surface area contributed by atoms with E-state index in [2.05, 4.69) is 5.32 Å². The van der Waals surface area contributed by atoms with Crippen molar-refractivity contribution in [3.8, 4) is 0 Å². The third-order valence-corrected chi connectivity index (χ3v) is 4.92. The molecule has 2 bridgehead atoms. The average Bonchev–Trinajstić information content (AvgIpc) is 1.99. The summed E-state index contributed by atoms with van der Waals surface area (Å²) in [7, 11) is -3.01. The van der Waals surface area contributed by atoms with Gasteiger partial charge in [-0.15, -0.1) is 12.4 Å². The van der Waals surface area contributed by atoms with Crippen LogP contribution in [0.2, 0.25) is 0 Å². The second-order valence-electron chi connectivity index (χ2n) is 4.12. The summed E-state index contributed by atoms with van der Waals surface area (Å²) in [5, 5.41) is 12.1. The van der Waals surface area contributed by atoms with Crippen LogP contribution in [0.25, 0.3) is 0 Å². The number of hydrogen-bond acceptors (Lipinski definition) is 4. The van der Waals surface area contributed by atoms with Crippen LogP contribution in [0.5, 0.6) is 0 Å². The van der Waals surface area contributed by atoms with Crippen LogP contribution >= 0.6 is 12.4 Å². The molecule has 0 aromatic carbocycles. The molecular formula is C8H14ClNO4S. The maximum absolute atomic E-state index is 11.4. The Kier molecular flexibility index (Phi) is 3.63. The minimum atomic E-state index is -3.01. The average molecular weight is 256 g/mol. The lowest BCUT2D eigenvalue weighted by Crippen LogP contribution is -2.55. The van der Waals surface area contributed by atoms with Crippen LogP contribution in [0, 0.1) is 17.8 Å². The summed E-state index contributed by atoms with van der Waals surface area (Å²) in [6.07, 6.45) is 0. The van der Waals surface area contributed by atoms with Gasteiger partial charge in [-0.1, -0.05) is 0 Å². The Labute approximate surface area is 94.6 Å². The SMILES string of the molecule is Cl.O=C(O)C1C2CNCC1CS(=O)(=O)C2. The van der Waals surface area contributed by atoms with Gasteiger partial charge in [0, 0.05) is 0 Å². The van der Waals surface area contributed by atoms with Crippen LogP contribution in [-0.4, -0.2) is 44.1 Å². The van der Waals surface area contributed by atoms with Gasteiger partial charge in [0.05, 0.1) is 17.4 Å². The number of rotatable bonds is 1. The third-order valence-electron chi connectivity index (χ3n) is 3.05. The van der Waals surface area contributed by atoms with E-state index in [0.29, 0.717) is 13.1 Å². The third kappa shape index (κ3) is 2.43. The lowest BCUT2D eigenvalue weighted by Gasteiger charge is -2.39. The van der Waals surface area contributed by atoms with Crippen LogP contribution in [0.15, 0.2) is 0 Å². The van der Waals surface area contributed by atoms with E-state index in [1.807, 2.05) is 0 Å². The Morgan fingerprint density at radius 2 is 1.67 bits per heavy atom. The molecule has 0 saturated carbocycles. The maximum Gasteiger partial charge on any atom is 0.307 e. The van der Waals surface area contributed by atoms with Crippen molar-refractivity contribution in [1.29, 1.82) is 0 Å². The number of halogens is 1. The fraction of sp³-hybridized carbons (Fsp3) is 0.875. The molecule has 0 aromatic rings. The highest BCUT2D eigenvalue weighted by molar-refractivity contribution is 7.91. The number of carboxylic acid groups (broad SMARTS) is 1. The minimum absolute atomic E-state index is 0. The molecule has 2 aliphatic heterocycles. The Morgan fingerprint density at radius 3 is 2.07 bits per heavy atom. The summed E-state index contributed by atoms with van der Waals surface area (Å²) >= 11 is 0. The van der Waals surface area contributed by atoms with E-state index in [0.717, 1.165) is 0 Å². The molecule has 2 fully saturated rings. The van der Waals surface area contributed by atoms with E-state index in [1.54, 1.807) is 0 Å². The summed E-state index contributed by atoms with van der Waals surface area (Å²) in [5.41, 5.74) is 0. The van der Waals surface area contributed by atoms with E-state index in [-0.39, 0.29) is 35.7 Å². The molecule has 2 atom stereocenters. The normalized spacial score (nSPS) is 37.7. The molecule has 2 heterocycles. The molecule has 2 aliphatic rings. The highest BCUT2D eigenvalue weighted by Gasteiger charge is 2.46. The van der Waals surface area contributed by atoms with Crippen molar-refractivity contribution in [2.45, 2.75) is 0 Å². The Balaban J connectivity index is 0.00000112. The van der Waals surface area contributed by atoms with Gasteiger partial charge in [0.15, 0.2) is 9.84 Å². The first-order valence-electron chi connectivity index (χ1n) is 4.63. The standard InChI is InChI=1S/C8H13NO4S.ClH/c10-8(11)7-5-1-9-2-6(7)4-14(12,13)3-5;/h5-7,9H,1-4H2,(H,10,11);1H. The first kappa shape index (κ1) is 12.7. The van der Waals surface area contributed by atoms with Crippen molar-refractivity contribution < 1.29 is 18.3 Å². The molecule has 0 amide bonds. The molecule has 2 saturated heterocycles. The van der Waals surface area contributed by atoms with Gasteiger partial charge in [0.25, 0.3) is 0 Å². The number of hydrogen-bond donors (Lipinski definition) is 2. The molecule has 7 heteroatoms. The topological polar surface area (TPSA) is 83.5 Å². The van der Waals surface area contributed by atoms with Crippen molar-refractivity contribution in [3.05, 3.63) is 0 Å². The molecule has 5 nitrogen and oxygen atoms in total. The lowest BCUT2D eigenvalue weighted by atomic mass is 9.80. The smallest absolute Gasteiger partial charge is 0.307 e. The second-order valence-corrected chi connectivity index (χ2v) is 6.27. The van der Waals surface area contributed by atoms with Gasteiger partial charge < -0.3 is 10.4 Å². The van der Waals surface area contributed by atoms with Crippen molar-refractivity contribution >= 4 is 28.2 Å². The molecule has 0 radical (unpaired) electrons. The first-order chi connectivity index (χ1) is 6.49. The fourth-order valence-electron chi connectivity index (χ4n) is 2.54. The van der Waals surface area contributed by atoms with Gasteiger partial charge in [-0.3, -0.25) is 4.79 Å². The van der Waals surface area contributed by atoms with Crippen molar-refractivity contribution in [1.82, 2.24) is 5.32 Å². The van der Waals surface area contributed by atoms with Crippen LogP contribution < -0.4 is 5.32 Å². The van der Waals surface area contributed by atoms with Crippen molar-refractivity contribution in [3.63, 3.8) is 0 Å². The number of fused-ring (bicyclic) bond motifs is 2. The largest absolute Gasteiger partial charge is 0.481 e. The van der Waals surface area contributed by atoms with Crippen molar-refractivity contribution in [2.75, 3.05) is 24.6 Å². The number of sulfone groups is 1. The minimum Gasteiger partial charge on any atom is -0.481 e. The zero-order valence-electron chi connectivity index (χ0n) is 8.05. The summed E-state index contributed by atoms with van der Waals surface area (Å²) in [5.74, 6) is -1.77. The molecular weight excluding hydrogens is 242 g/mol. The summed E-state index contributed by atoms with van der Waals surface area (Å²) in [6, 6.07) is 0. The zero-order chi connectivity index (χ0) is 10.3. The lowest BCUT2D eigenvalue weighted by molar-refractivity contribution is -0.146. The number of piperidine rings is 1. The molecule has 0 spiro atoms. The fourth-order valence-corrected chi connectivity index (χ4v) is 4.63. The van der Waals surface area contributed by atoms with Gasteiger partial charge in [-0.2, -0.15) is 0 Å². The Morgan fingerprint density at radius 1 is 1.20 bits per heavy atom. The second kappa shape index (κ2) is 4.27. The van der Waals surface area contributed by atoms with E-state index in [9.17, 15) is 13.2 Å². The molecule has 2 rings (SSSR count). The molecule has 0 aromatic heterocycles. The number of aliphatic carboxylic acids is 1. The molecule has 2 unspecified atom stereocenters. The molecule has 88 valence electrons. The summed E-state index contributed by atoms with van der Waals surface area (Å²) < 4.78 is 22.8. The predicted octanol–water partition coefficient (Wildman–Crippen LogP) is -0.627. The zero-order valence-corrected chi connectivity index (χ0v) is 9.68. The molecule has 2 N–H and O–H groups in total. The van der Waals surface area contributed by atoms with Crippen molar-refractivity contribution in [2.24, 2.45) is 17.8 Å². The first-order valence-corrected chi connectivity index (χ1v) is 6.46. The van der Waals surface area contributed by atoms with Gasteiger partial charge in [-0.25, -0.2) is 8.42 Å². The Hall–Kier alpha value is -0.330. The van der Waals surface area contributed by atoms with E-state index in [4.69, 9.17) is 5.11 Å². The van der Waals surface area contributed by atoms with Crippen LogP contribution in [0.1, 0.15) is 0 Å². The highest BCUT2D eigenvalue weighted by Crippen LogP contribution is 2.32. The van der Waals surface area contributed by atoms with Gasteiger partial charge in [0.1, 0.15) is 0 Å². The number of carboxylic acids is 1. The molecule has 15 heavy (non-hydrogen) atoms. The number of nitrogens with one attached hydrogen (secondary N) is 1. The van der Waals surface area contributed by atoms with Gasteiger partial charge in [-0.05, 0) is 24.9 Å². The maximum atomic E-state index is 11.4. The summed E-state index contributed by atoms with van der Waals surface area (Å²) in [4.78, 5) is 11.0. The predicted molar refractivity (Wildman–Crippen MR) is 56.9 cm³/mol. The van der Waals surface area contributed by atoms with E-state index < -0.39 is 21.7 Å². The monoisotopic (exact) mass is 255 g/mol. The van der Waals surface area contributed by atoms with E-state index >= 15 is 0 Å². The quantitative estimate of drug-likeness (QED) is 0.652. The van der Waals surface area contributed by atoms with Crippen LogP contribution in [0.4, 0.5) is 0 Å². The van der Waals surface area contributed by atoms with Gasteiger partial charge in [0.2, 0.25) is 0 Å². The summed E-state index contributed by atoms with van der Waals surface area (Å²) in [6.45, 7) is 1.01.